The Labute approximate surface area is 144 Å². The molecule has 2 aromatic rings. The van der Waals surface area contributed by atoms with Crippen molar-refractivity contribution in [2.75, 3.05) is 13.7 Å². The average molecular weight is 356 g/mol. The van der Waals surface area contributed by atoms with Crippen molar-refractivity contribution in [3.8, 4) is 5.75 Å². The topological polar surface area (TPSA) is 29.5 Å². The highest BCUT2D eigenvalue weighted by Gasteiger charge is 2.19. The smallest absolute Gasteiger partial charge is 0.255 e. The van der Waals surface area contributed by atoms with Gasteiger partial charge < -0.3 is 9.64 Å². The molecule has 0 saturated heterocycles. The Hall–Kier alpha value is -1.78. The fourth-order valence-electron chi connectivity index (χ4n) is 2.14. The summed E-state index contributed by atoms with van der Waals surface area (Å²) in [6, 6.07) is 9.71. The second-order valence-electron chi connectivity index (χ2n) is 4.91. The molecule has 0 bridgehead atoms. The molecule has 122 valence electrons. The number of amides is 1. The van der Waals surface area contributed by atoms with Crippen molar-refractivity contribution in [1.82, 2.24) is 4.90 Å². The molecule has 0 aliphatic rings. The molecule has 1 amide bonds. The van der Waals surface area contributed by atoms with Gasteiger partial charge in [-0.25, -0.2) is 4.39 Å². The van der Waals surface area contributed by atoms with Gasteiger partial charge in [0.15, 0.2) is 0 Å². The molecule has 6 heteroatoms. The van der Waals surface area contributed by atoms with Crippen molar-refractivity contribution in [1.29, 1.82) is 0 Å². The minimum atomic E-state index is -0.667. The van der Waals surface area contributed by atoms with Crippen LogP contribution >= 0.6 is 23.2 Å². The van der Waals surface area contributed by atoms with E-state index in [0.29, 0.717) is 13.1 Å². The minimum Gasteiger partial charge on any atom is -0.497 e. The van der Waals surface area contributed by atoms with Crippen LogP contribution in [-0.2, 0) is 6.54 Å². The SMILES string of the molecule is CCN(Cc1ccc(OC)cc1)C(=O)c1cc(F)c(Cl)cc1Cl. The third-order valence-corrected chi connectivity index (χ3v) is 4.04. The van der Waals surface area contributed by atoms with E-state index in [1.807, 2.05) is 31.2 Å². The van der Waals surface area contributed by atoms with Gasteiger partial charge in [-0.3, -0.25) is 4.79 Å². The zero-order valence-electron chi connectivity index (χ0n) is 12.8. The first-order valence-corrected chi connectivity index (χ1v) is 7.78. The fourth-order valence-corrected chi connectivity index (χ4v) is 2.60. The maximum atomic E-state index is 13.6. The third-order valence-electron chi connectivity index (χ3n) is 3.44. The summed E-state index contributed by atoms with van der Waals surface area (Å²) in [6.45, 7) is 2.70. The van der Waals surface area contributed by atoms with Crippen molar-refractivity contribution in [3.05, 3.63) is 63.4 Å². The van der Waals surface area contributed by atoms with Crippen LogP contribution in [0.4, 0.5) is 4.39 Å². The summed E-state index contributed by atoms with van der Waals surface area (Å²) < 4.78 is 18.7. The Balaban J connectivity index is 2.22. The number of hydrogen-bond donors (Lipinski definition) is 0. The lowest BCUT2D eigenvalue weighted by Gasteiger charge is -2.22. The van der Waals surface area contributed by atoms with Crippen LogP contribution in [0.2, 0.25) is 10.0 Å². The van der Waals surface area contributed by atoms with Gasteiger partial charge in [-0.15, -0.1) is 0 Å². The quantitative estimate of drug-likeness (QED) is 0.720. The van der Waals surface area contributed by atoms with Crippen LogP contribution in [0.15, 0.2) is 36.4 Å². The van der Waals surface area contributed by atoms with E-state index in [9.17, 15) is 9.18 Å². The standard InChI is InChI=1S/C17H16Cl2FNO2/c1-3-21(10-11-4-6-12(23-2)7-5-11)17(22)13-8-16(20)15(19)9-14(13)18/h4-9H,3,10H2,1-2H3. The molecule has 0 fully saturated rings. The molecule has 0 spiro atoms. The number of halogens is 3. The zero-order chi connectivity index (χ0) is 17.0. The molecule has 2 aromatic carbocycles. The summed E-state index contributed by atoms with van der Waals surface area (Å²) in [6.07, 6.45) is 0. The predicted molar refractivity (Wildman–Crippen MR) is 89.8 cm³/mol. The fraction of sp³-hybridized carbons (Fsp3) is 0.235. The number of benzene rings is 2. The summed E-state index contributed by atoms with van der Waals surface area (Å²) in [5.74, 6) is -0.269. The molecule has 0 aliphatic heterocycles. The van der Waals surface area contributed by atoms with Gasteiger partial charge >= 0.3 is 0 Å². The van der Waals surface area contributed by atoms with E-state index in [-0.39, 0.29) is 21.5 Å². The van der Waals surface area contributed by atoms with Crippen molar-refractivity contribution < 1.29 is 13.9 Å². The summed E-state index contributed by atoms with van der Waals surface area (Å²) in [5.41, 5.74) is 1.04. The van der Waals surface area contributed by atoms with E-state index in [0.717, 1.165) is 17.4 Å². The molecule has 3 nitrogen and oxygen atoms in total. The summed E-state index contributed by atoms with van der Waals surface area (Å²) in [5, 5.41) is 0.0272. The first kappa shape index (κ1) is 17.6. The summed E-state index contributed by atoms with van der Waals surface area (Å²) in [7, 11) is 1.59. The lowest BCUT2D eigenvalue weighted by Crippen LogP contribution is -2.30. The Morgan fingerprint density at radius 1 is 1.17 bits per heavy atom. The van der Waals surface area contributed by atoms with Crippen LogP contribution in [0.3, 0.4) is 0 Å². The average Bonchev–Trinajstić information content (AvgIpc) is 2.56. The molecule has 0 N–H and O–H groups in total. The van der Waals surface area contributed by atoms with Crippen molar-refractivity contribution >= 4 is 29.1 Å². The molecular weight excluding hydrogens is 340 g/mol. The van der Waals surface area contributed by atoms with E-state index in [2.05, 4.69) is 0 Å². The van der Waals surface area contributed by atoms with E-state index < -0.39 is 5.82 Å². The zero-order valence-corrected chi connectivity index (χ0v) is 14.3. The maximum Gasteiger partial charge on any atom is 0.255 e. The number of methoxy groups -OCH3 is 1. The Morgan fingerprint density at radius 2 is 1.83 bits per heavy atom. The van der Waals surface area contributed by atoms with Crippen LogP contribution in [-0.4, -0.2) is 24.5 Å². The van der Waals surface area contributed by atoms with Gasteiger partial charge in [0.05, 0.1) is 22.7 Å². The molecule has 0 unspecified atom stereocenters. The van der Waals surface area contributed by atoms with E-state index in [1.54, 1.807) is 12.0 Å². The Kier molecular flexibility index (Phi) is 5.85. The van der Waals surface area contributed by atoms with E-state index in [1.165, 1.54) is 6.07 Å². The van der Waals surface area contributed by atoms with Gasteiger partial charge in [0.25, 0.3) is 5.91 Å². The highest BCUT2D eigenvalue weighted by molar-refractivity contribution is 6.36. The second kappa shape index (κ2) is 7.66. The first-order valence-electron chi connectivity index (χ1n) is 7.03. The van der Waals surface area contributed by atoms with Crippen LogP contribution in [0, 0.1) is 5.82 Å². The summed E-state index contributed by atoms with van der Waals surface area (Å²) >= 11 is 11.7. The normalized spacial score (nSPS) is 10.5. The molecule has 0 radical (unpaired) electrons. The van der Waals surface area contributed by atoms with Gasteiger partial charge in [-0.05, 0) is 36.8 Å². The number of carbonyl (C=O) groups is 1. The predicted octanol–water partition coefficient (Wildman–Crippen LogP) is 4.80. The summed E-state index contributed by atoms with van der Waals surface area (Å²) in [4.78, 5) is 14.2. The van der Waals surface area contributed by atoms with Crippen LogP contribution in [0.5, 0.6) is 5.75 Å². The molecule has 0 aliphatic carbocycles. The Morgan fingerprint density at radius 3 is 2.39 bits per heavy atom. The van der Waals surface area contributed by atoms with Gasteiger partial charge in [-0.1, -0.05) is 35.3 Å². The molecule has 0 saturated carbocycles. The molecule has 23 heavy (non-hydrogen) atoms. The number of ether oxygens (including phenoxy) is 1. The Bertz CT molecular complexity index is 704. The van der Waals surface area contributed by atoms with E-state index in [4.69, 9.17) is 27.9 Å². The van der Waals surface area contributed by atoms with Crippen LogP contribution < -0.4 is 4.74 Å². The highest BCUT2D eigenvalue weighted by Crippen LogP contribution is 2.26. The largest absolute Gasteiger partial charge is 0.497 e. The van der Waals surface area contributed by atoms with Crippen molar-refractivity contribution in [3.63, 3.8) is 0 Å². The lowest BCUT2D eigenvalue weighted by atomic mass is 10.1. The second-order valence-corrected chi connectivity index (χ2v) is 5.73. The number of carbonyl (C=O) groups excluding carboxylic acids is 1. The van der Waals surface area contributed by atoms with Crippen LogP contribution in [0.1, 0.15) is 22.8 Å². The van der Waals surface area contributed by atoms with Gasteiger partial charge in [0.1, 0.15) is 11.6 Å². The molecule has 2 rings (SSSR count). The minimum absolute atomic E-state index is 0.101. The van der Waals surface area contributed by atoms with Crippen molar-refractivity contribution in [2.24, 2.45) is 0 Å². The van der Waals surface area contributed by atoms with Gasteiger partial charge in [-0.2, -0.15) is 0 Å². The maximum absolute atomic E-state index is 13.6. The van der Waals surface area contributed by atoms with Crippen LogP contribution in [0.25, 0.3) is 0 Å². The van der Waals surface area contributed by atoms with Gasteiger partial charge in [0, 0.05) is 13.1 Å². The third kappa shape index (κ3) is 4.15. The van der Waals surface area contributed by atoms with Crippen molar-refractivity contribution in [2.45, 2.75) is 13.5 Å². The molecular formula is C17H16Cl2FNO2. The monoisotopic (exact) mass is 355 g/mol. The molecule has 0 atom stereocenters. The van der Waals surface area contributed by atoms with E-state index >= 15 is 0 Å². The first-order chi connectivity index (χ1) is 11.0. The van der Waals surface area contributed by atoms with Gasteiger partial charge in [0.2, 0.25) is 0 Å². The lowest BCUT2D eigenvalue weighted by molar-refractivity contribution is 0.0752. The highest BCUT2D eigenvalue weighted by atomic mass is 35.5. The number of nitrogens with zero attached hydrogens (tertiary/aromatic N) is 1. The molecule has 0 aromatic heterocycles. The molecule has 0 heterocycles. The number of rotatable bonds is 5. The number of hydrogen-bond acceptors (Lipinski definition) is 2.